The Kier molecular flexibility index (Phi) is 9.99. The van der Waals surface area contributed by atoms with Crippen molar-refractivity contribution in [1.82, 2.24) is 0 Å². The number of fused-ring (bicyclic) bond motifs is 19. The second-order valence-corrected chi connectivity index (χ2v) is 21.9. The molecule has 0 fully saturated rings. The molecule has 0 saturated carbocycles. The van der Waals surface area contributed by atoms with Crippen LogP contribution in [0, 0.1) is 0 Å². The number of anilines is 6. The van der Waals surface area contributed by atoms with E-state index in [1.165, 1.54) is 21.5 Å². The normalized spacial score (nSPS) is 12.0. The molecular formula is C78H46N2O4. The van der Waals surface area contributed by atoms with Crippen molar-refractivity contribution >= 4 is 154 Å². The maximum absolute atomic E-state index is 6.96. The van der Waals surface area contributed by atoms with E-state index >= 15 is 0 Å². The molecule has 0 bridgehead atoms. The van der Waals surface area contributed by atoms with Crippen molar-refractivity contribution in [3.8, 4) is 22.3 Å². The maximum Gasteiger partial charge on any atom is 0.143 e. The first-order valence-corrected chi connectivity index (χ1v) is 28.4. The average Bonchev–Trinajstić information content (AvgIpc) is 2.83. The largest absolute Gasteiger partial charge is 0.456 e. The van der Waals surface area contributed by atoms with E-state index in [0.29, 0.717) is 0 Å². The first-order chi connectivity index (χ1) is 41.6. The lowest BCUT2D eigenvalue weighted by atomic mass is 9.99. The van der Waals surface area contributed by atoms with Crippen LogP contribution in [-0.4, -0.2) is 0 Å². The SMILES string of the molecule is c1ccc(N(c2ccc(-c3ccc4oc5ccc6ccccc6c5c4c3)cc2)c2ccc3c(c2)oc2c3ccc3c2ccc2c4ccc(N(c5ccccc5)c5ccc(-c6ccc7oc8ccc9ccccc9c8c7c6)cc5)cc4oc23)cc1. The van der Waals surface area contributed by atoms with Gasteiger partial charge in [0.05, 0.1) is 0 Å². The van der Waals surface area contributed by atoms with Gasteiger partial charge in [0.1, 0.15) is 44.7 Å². The van der Waals surface area contributed by atoms with Crippen LogP contribution < -0.4 is 9.80 Å². The summed E-state index contributed by atoms with van der Waals surface area (Å²) in [5, 5.41) is 15.6. The number of hydrogen-bond acceptors (Lipinski definition) is 6. The number of benzene rings is 14. The second kappa shape index (κ2) is 18.1. The first kappa shape index (κ1) is 46.4. The monoisotopic (exact) mass is 1070 g/mol. The van der Waals surface area contributed by atoms with E-state index in [-0.39, 0.29) is 0 Å². The summed E-state index contributed by atoms with van der Waals surface area (Å²) in [7, 11) is 0. The van der Waals surface area contributed by atoms with Crippen molar-refractivity contribution < 1.29 is 17.7 Å². The van der Waals surface area contributed by atoms with Crippen LogP contribution >= 0.6 is 0 Å². The van der Waals surface area contributed by atoms with E-state index < -0.39 is 0 Å². The smallest absolute Gasteiger partial charge is 0.143 e. The van der Waals surface area contributed by atoms with Gasteiger partial charge in [0, 0.05) is 100 Å². The molecule has 0 N–H and O–H groups in total. The Labute approximate surface area is 480 Å². The topological polar surface area (TPSA) is 59.0 Å². The quantitative estimate of drug-likeness (QED) is 0.151. The molecule has 18 aromatic rings. The molecule has 0 spiro atoms. The van der Waals surface area contributed by atoms with Crippen molar-refractivity contribution in [2.75, 3.05) is 9.80 Å². The molecule has 0 radical (unpaired) electrons. The van der Waals surface area contributed by atoms with Crippen molar-refractivity contribution in [2.24, 2.45) is 0 Å². The molecule has 14 aromatic carbocycles. The third-order valence-corrected chi connectivity index (χ3v) is 17.2. The molecule has 84 heavy (non-hydrogen) atoms. The number of nitrogens with zero attached hydrogens (tertiary/aromatic N) is 2. The molecule has 18 rings (SSSR count). The number of furan rings is 4. The van der Waals surface area contributed by atoms with Crippen molar-refractivity contribution in [1.29, 1.82) is 0 Å². The third kappa shape index (κ3) is 7.17. The molecule has 6 heteroatoms. The molecule has 4 aromatic heterocycles. The minimum absolute atomic E-state index is 0.811. The van der Waals surface area contributed by atoms with Gasteiger partial charge >= 0.3 is 0 Å². The van der Waals surface area contributed by atoms with Gasteiger partial charge in [-0.3, -0.25) is 0 Å². The van der Waals surface area contributed by atoms with Gasteiger partial charge in [0.25, 0.3) is 0 Å². The van der Waals surface area contributed by atoms with Crippen LogP contribution in [0.15, 0.2) is 297 Å². The summed E-state index contributed by atoms with van der Waals surface area (Å²) in [4.78, 5) is 4.58. The van der Waals surface area contributed by atoms with E-state index in [2.05, 4.69) is 289 Å². The van der Waals surface area contributed by atoms with Crippen LogP contribution in [0.3, 0.4) is 0 Å². The molecule has 392 valence electrons. The summed E-state index contributed by atoms with van der Waals surface area (Å²) in [5.74, 6) is 0. The van der Waals surface area contributed by atoms with Crippen molar-refractivity contribution in [3.63, 3.8) is 0 Å². The van der Waals surface area contributed by atoms with Crippen LogP contribution in [0.5, 0.6) is 0 Å². The summed E-state index contributed by atoms with van der Waals surface area (Å²) in [5.41, 5.74) is 17.5. The fourth-order valence-electron chi connectivity index (χ4n) is 13.2. The van der Waals surface area contributed by atoms with Gasteiger partial charge in [0.2, 0.25) is 0 Å². The fraction of sp³-hybridized carbons (Fsp3) is 0. The first-order valence-electron chi connectivity index (χ1n) is 28.4. The Morgan fingerprint density at radius 3 is 0.976 bits per heavy atom. The van der Waals surface area contributed by atoms with Crippen molar-refractivity contribution in [2.45, 2.75) is 0 Å². The number of para-hydroxylation sites is 2. The Balaban J connectivity index is 0.685. The minimum atomic E-state index is 0.811. The lowest BCUT2D eigenvalue weighted by Crippen LogP contribution is -2.09. The predicted molar refractivity (Wildman–Crippen MR) is 348 cm³/mol. The molecule has 0 aliphatic rings. The lowest BCUT2D eigenvalue weighted by Gasteiger charge is -2.25. The Hall–Kier alpha value is -11.3. The average molecular weight is 1080 g/mol. The molecule has 0 saturated heterocycles. The van der Waals surface area contributed by atoms with Gasteiger partial charge in [-0.1, -0.05) is 133 Å². The molecule has 4 heterocycles. The highest BCUT2D eigenvalue weighted by Gasteiger charge is 2.22. The van der Waals surface area contributed by atoms with Gasteiger partial charge in [-0.25, -0.2) is 0 Å². The van der Waals surface area contributed by atoms with E-state index in [9.17, 15) is 0 Å². The number of rotatable bonds is 8. The third-order valence-electron chi connectivity index (χ3n) is 17.2. The fourth-order valence-corrected chi connectivity index (χ4v) is 13.2. The van der Waals surface area contributed by atoms with Crippen LogP contribution in [0.2, 0.25) is 0 Å². The molecule has 0 amide bonds. The number of hydrogen-bond donors (Lipinski definition) is 0. The Morgan fingerprint density at radius 2 is 0.536 bits per heavy atom. The highest BCUT2D eigenvalue weighted by molar-refractivity contribution is 6.24. The molecule has 0 aliphatic heterocycles. The van der Waals surface area contributed by atoms with Crippen molar-refractivity contribution in [3.05, 3.63) is 279 Å². The summed E-state index contributed by atoms with van der Waals surface area (Å²) in [6.45, 7) is 0. The van der Waals surface area contributed by atoms with E-state index in [4.69, 9.17) is 17.7 Å². The van der Waals surface area contributed by atoms with Crippen LogP contribution in [0.25, 0.3) is 142 Å². The molecule has 0 unspecified atom stereocenters. The maximum atomic E-state index is 6.96. The van der Waals surface area contributed by atoms with E-state index in [1.54, 1.807) is 0 Å². The van der Waals surface area contributed by atoms with Gasteiger partial charge in [-0.05, 0) is 177 Å². The zero-order chi connectivity index (χ0) is 55.0. The van der Waals surface area contributed by atoms with Gasteiger partial charge < -0.3 is 27.5 Å². The van der Waals surface area contributed by atoms with Crippen LogP contribution in [0.4, 0.5) is 34.1 Å². The molecule has 0 atom stereocenters. The minimum Gasteiger partial charge on any atom is -0.456 e. The highest BCUT2D eigenvalue weighted by atomic mass is 16.3. The zero-order valence-corrected chi connectivity index (χ0v) is 45.1. The highest BCUT2D eigenvalue weighted by Crippen LogP contribution is 2.46. The molecule has 6 nitrogen and oxygen atoms in total. The van der Waals surface area contributed by atoms with Gasteiger partial charge in [0.15, 0.2) is 0 Å². The summed E-state index contributed by atoms with van der Waals surface area (Å²) in [6.07, 6.45) is 0. The lowest BCUT2D eigenvalue weighted by molar-refractivity contribution is 0.669. The van der Waals surface area contributed by atoms with Crippen LogP contribution in [0.1, 0.15) is 0 Å². The predicted octanol–water partition coefficient (Wildman–Crippen LogP) is 23.0. The second-order valence-electron chi connectivity index (χ2n) is 21.9. The Bertz CT molecular complexity index is 5320. The molecule has 0 aliphatic carbocycles. The van der Waals surface area contributed by atoms with Gasteiger partial charge in [-0.2, -0.15) is 0 Å². The summed E-state index contributed by atoms with van der Waals surface area (Å²) < 4.78 is 26.6. The standard InChI is InChI=1S/C78H46N2O4/c1-3-13-53(14-4-1)79(55-27-19-47(20-28-55)51-25-39-69-67(43-51)75-59-17-9-7-11-49(59)23-41-71(75)81-69)57-31-33-61-63-35-37-66-65(77(63)83-73(61)45-57)38-36-64-62-34-32-58(46-74(62)84-78(64)66)80(54-15-5-2-6-16-54)56-29-21-48(22-30-56)52-26-40-70-68(44-52)76-60-18-10-8-12-50(60)24-42-72(76)82-70/h1-46H. The Morgan fingerprint density at radius 1 is 0.190 bits per heavy atom. The summed E-state index contributed by atoms with van der Waals surface area (Å²) >= 11 is 0. The zero-order valence-electron chi connectivity index (χ0n) is 45.1. The van der Waals surface area contributed by atoms with Crippen LogP contribution in [-0.2, 0) is 0 Å². The van der Waals surface area contributed by atoms with Gasteiger partial charge in [-0.15, -0.1) is 0 Å². The van der Waals surface area contributed by atoms with E-state index in [1.807, 2.05) is 0 Å². The van der Waals surface area contributed by atoms with E-state index in [0.717, 1.165) is 155 Å². The molecular weight excluding hydrogens is 1030 g/mol. The summed E-state index contributed by atoms with van der Waals surface area (Å²) in [6, 6.07) is 99.1.